The number of fused-ring (bicyclic) bond motifs is 1. The van der Waals surface area contributed by atoms with Crippen LogP contribution in [0, 0.1) is 6.92 Å². The first-order chi connectivity index (χ1) is 8.72. The number of anilines is 1. The van der Waals surface area contributed by atoms with Crippen molar-refractivity contribution in [1.82, 2.24) is 24.1 Å². The number of imidazole rings is 1. The number of aromatic nitrogens is 5. The van der Waals surface area contributed by atoms with E-state index in [0.717, 1.165) is 11.5 Å². The van der Waals surface area contributed by atoms with Crippen molar-refractivity contribution in [1.29, 1.82) is 0 Å². The molecule has 0 saturated carbocycles. The Balaban J connectivity index is 1.81. The third-order valence-corrected chi connectivity index (χ3v) is 2.82. The number of nitrogens with zero attached hydrogens (tertiary/aromatic N) is 5. The van der Waals surface area contributed by atoms with Gasteiger partial charge in [-0.15, -0.1) is 5.10 Å². The van der Waals surface area contributed by atoms with Crippen molar-refractivity contribution >= 4 is 11.6 Å². The molecular formula is C12H14N6. The van der Waals surface area contributed by atoms with E-state index >= 15 is 0 Å². The zero-order chi connectivity index (χ0) is 12.5. The fraction of sp³-hybridized carbons (Fsp3) is 0.250. The summed E-state index contributed by atoms with van der Waals surface area (Å²) in [7, 11) is 1.96. The number of nitrogens with one attached hydrogen (secondary N) is 1. The maximum absolute atomic E-state index is 4.41. The lowest BCUT2D eigenvalue weighted by atomic mass is 10.3. The minimum atomic E-state index is 0.610. The maximum Gasteiger partial charge on any atom is 0.243 e. The first kappa shape index (κ1) is 10.8. The van der Waals surface area contributed by atoms with Gasteiger partial charge in [0.2, 0.25) is 5.95 Å². The van der Waals surface area contributed by atoms with Gasteiger partial charge < -0.3 is 9.88 Å². The van der Waals surface area contributed by atoms with E-state index in [2.05, 4.69) is 20.4 Å². The Kier molecular flexibility index (Phi) is 2.47. The second-order valence-electron chi connectivity index (χ2n) is 4.25. The summed E-state index contributed by atoms with van der Waals surface area (Å²) in [6.45, 7) is 2.65. The summed E-state index contributed by atoms with van der Waals surface area (Å²) in [5, 5.41) is 7.51. The van der Waals surface area contributed by atoms with Crippen molar-refractivity contribution in [2.24, 2.45) is 7.05 Å². The van der Waals surface area contributed by atoms with Gasteiger partial charge in [-0.2, -0.15) is 4.98 Å². The van der Waals surface area contributed by atoms with Crippen molar-refractivity contribution in [2.45, 2.75) is 13.5 Å². The Morgan fingerprint density at radius 2 is 2.22 bits per heavy atom. The Morgan fingerprint density at radius 3 is 3.00 bits per heavy atom. The SMILES string of the molecule is Cc1ccn2nc(NCc3nccn3C)nc2c1. The van der Waals surface area contributed by atoms with E-state index in [1.165, 1.54) is 5.56 Å². The molecule has 0 atom stereocenters. The van der Waals surface area contributed by atoms with Crippen molar-refractivity contribution < 1.29 is 0 Å². The lowest BCUT2D eigenvalue weighted by Crippen LogP contribution is -2.06. The van der Waals surface area contributed by atoms with Crippen LogP contribution in [0.2, 0.25) is 0 Å². The van der Waals surface area contributed by atoms with Crippen LogP contribution in [0.1, 0.15) is 11.4 Å². The van der Waals surface area contributed by atoms with Crippen molar-refractivity contribution in [3.8, 4) is 0 Å². The van der Waals surface area contributed by atoms with Gasteiger partial charge in [0.1, 0.15) is 5.82 Å². The van der Waals surface area contributed by atoms with Crippen LogP contribution in [0.3, 0.4) is 0 Å². The summed E-state index contributed by atoms with van der Waals surface area (Å²) < 4.78 is 3.72. The molecule has 0 aliphatic heterocycles. The average Bonchev–Trinajstić information content (AvgIpc) is 2.92. The number of pyridine rings is 1. The van der Waals surface area contributed by atoms with E-state index < -0.39 is 0 Å². The lowest BCUT2D eigenvalue weighted by Gasteiger charge is -2.01. The molecule has 0 unspecified atom stereocenters. The molecule has 0 aromatic carbocycles. The molecule has 3 rings (SSSR count). The molecule has 3 heterocycles. The molecular weight excluding hydrogens is 228 g/mol. The maximum atomic E-state index is 4.41. The molecule has 3 aromatic heterocycles. The van der Waals surface area contributed by atoms with E-state index in [0.29, 0.717) is 12.5 Å². The molecule has 6 nitrogen and oxygen atoms in total. The molecule has 0 amide bonds. The highest BCUT2D eigenvalue weighted by molar-refractivity contribution is 5.45. The van der Waals surface area contributed by atoms with Gasteiger partial charge in [0.05, 0.1) is 6.54 Å². The minimum absolute atomic E-state index is 0.610. The van der Waals surface area contributed by atoms with Gasteiger partial charge in [0, 0.05) is 25.6 Å². The van der Waals surface area contributed by atoms with Gasteiger partial charge >= 0.3 is 0 Å². The van der Waals surface area contributed by atoms with Crippen LogP contribution < -0.4 is 5.32 Å². The van der Waals surface area contributed by atoms with E-state index in [4.69, 9.17) is 0 Å². The van der Waals surface area contributed by atoms with Crippen LogP contribution in [-0.2, 0) is 13.6 Å². The van der Waals surface area contributed by atoms with Crippen LogP contribution in [-0.4, -0.2) is 24.1 Å². The van der Waals surface area contributed by atoms with E-state index in [1.807, 2.05) is 43.1 Å². The Morgan fingerprint density at radius 1 is 1.33 bits per heavy atom. The number of aryl methyl sites for hydroxylation is 2. The van der Waals surface area contributed by atoms with Gasteiger partial charge in [-0.05, 0) is 24.6 Å². The molecule has 0 radical (unpaired) electrons. The number of hydrogen-bond donors (Lipinski definition) is 1. The summed E-state index contributed by atoms with van der Waals surface area (Å²) in [6, 6.07) is 4.00. The van der Waals surface area contributed by atoms with Crippen molar-refractivity contribution in [3.63, 3.8) is 0 Å². The molecule has 1 N–H and O–H groups in total. The molecule has 0 aliphatic rings. The zero-order valence-electron chi connectivity index (χ0n) is 10.3. The highest BCUT2D eigenvalue weighted by Gasteiger charge is 2.04. The Labute approximate surface area is 104 Å². The largest absolute Gasteiger partial charge is 0.346 e. The molecule has 3 aromatic rings. The van der Waals surface area contributed by atoms with Gasteiger partial charge in [0.25, 0.3) is 0 Å². The fourth-order valence-corrected chi connectivity index (χ4v) is 1.78. The van der Waals surface area contributed by atoms with E-state index in [9.17, 15) is 0 Å². The van der Waals surface area contributed by atoms with Gasteiger partial charge in [-0.1, -0.05) is 0 Å². The molecule has 92 valence electrons. The molecule has 0 spiro atoms. The molecule has 0 aliphatic carbocycles. The zero-order valence-corrected chi connectivity index (χ0v) is 10.3. The van der Waals surface area contributed by atoms with Crippen LogP contribution in [0.15, 0.2) is 30.7 Å². The smallest absolute Gasteiger partial charge is 0.243 e. The average molecular weight is 242 g/mol. The van der Waals surface area contributed by atoms with Crippen molar-refractivity contribution in [3.05, 3.63) is 42.1 Å². The monoisotopic (exact) mass is 242 g/mol. The molecule has 0 bridgehead atoms. The Bertz CT molecular complexity index is 681. The highest BCUT2D eigenvalue weighted by Crippen LogP contribution is 2.08. The fourth-order valence-electron chi connectivity index (χ4n) is 1.78. The molecule has 18 heavy (non-hydrogen) atoms. The minimum Gasteiger partial charge on any atom is -0.346 e. The summed E-state index contributed by atoms with van der Waals surface area (Å²) in [4.78, 5) is 8.64. The van der Waals surface area contributed by atoms with Crippen LogP contribution in [0.4, 0.5) is 5.95 Å². The summed E-state index contributed by atoms with van der Waals surface area (Å²) in [5.74, 6) is 1.56. The standard InChI is InChI=1S/C12H14N6/c1-9-3-5-18-10(7-9)15-12(16-18)14-8-11-13-4-6-17(11)2/h3-7H,8H2,1-2H3,(H,14,16). The van der Waals surface area contributed by atoms with E-state index in [1.54, 1.807) is 10.7 Å². The first-order valence-electron chi connectivity index (χ1n) is 5.75. The van der Waals surface area contributed by atoms with Gasteiger partial charge in [-0.3, -0.25) is 0 Å². The third-order valence-electron chi connectivity index (χ3n) is 2.82. The first-order valence-corrected chi connectivity index (χ1v) is 5.75. The number of hydrogen-bond acceptors (Lipinski definition) is 4. The van der Waals surface area contributed by atoms with Crippen LogP contribution in [0.5, 0.6) is 0 Å². The normalized spacial score (nSPS) is 11.0. The van der Waals surface area contributed by atoms with Crippen LogP contribution >= 0.6 is 0 Å². The third kappa shape index (κ3) is 1.92. The second-order valence-corrected chi connectivity index (χ2v) is 4.25. The quantitative estimate of drug-likeness (QED) is 0.754. The summed E-state index contributed by atoms with van der Waals surface area (Å²) in [5.41, 5.74) is 2.02. The van der Waals surface area contributed by atoms with Gasteiger partial charge in [-0.25, -0.2) is 9.50 Å². The topological polar surface area (TPSA) is 60.0 Å². The van der Waals surface area contributed by atoms with E-state index in [-0.39, 0.29) is 0 Å². The summed E-state index contributed by atoms with van der Waals surface area (Å²) in [6.07, 6.45) is 5.60. The van der Waals surface area contributed by atoms with Crippen molar-refractivity contribution in [2.75, 3.05) is 5.32 Å². The molecule has 0 saturated heterocycles. The molecule has 6 heteroatoms. The second kappa shape index (κ2) is 4.14. The predicted octanol–water partition coefficient (Wildman–Crippen LogP) is 1.38. The number of rotatable bonds is 3. The molecule has 0 fully saturated rings. The van der Waals surface area contributed by atoms with Gasteiger partial charge in [0.15, 0.2) is 5.65 Å². The highest BCUT2D eigenvalue weighted by atomic mass is 15.3. The van der Waals surface area contributed by atoms with Crippen LogP contribution in [0.25, 0.3) is 5.65 Å². The predicted molar refractivity (Wildman–Crippen MR) is 68.3 cm³/mol. The Hall–Kier alpha value is -2.37. The lowest BCUT2D eigenvalue weighted by molar-refractivity contribution is 0.807. The summed E-state index contributed by atoms with van der Waals surface area (Å²) >= 11 is 0.